The molecule has 21 heavy (non-hydrogen) atoms. The summed E-state index contributed by atoms with van der Waals surface area (Å²) in [7, 11) is 0. The van der Waals surface area contributed by atoms with Gasteiger partial charge in [-0.3, -0.25) is 4.90 Å². The number of hydrogen-bond donors (Lipinski definition) is 3. The number of nitrogens with zero attached hydrogens (tertiary/aromatic N) is 4. The van der Waals surface area contributed by atoms with Crippen molar-refractivity contribution in [2.45, 2.75) is 13.8 Å². The first-order valence-corrected chi connectivity index (χ1v) is 7.11. The molecule has 0 spiro atoms. The number of amidine groups is 1. The van der Waals surface area contributed by atoms with Gasteiger partial charge in [-0.05, 0) is 25.5 Å². The Hall–Kier alpha value is -1.86. The molecule has 1 aromatic heterocycles. The maximum absolute atomic E-state index is 9.00. The molecule has 2 rings (SSSR count). The van der Waals surface area contributed by atoms with Crippen molar-refractivity contribution in [2.75, 3.05) is 44.2 Å². The molecular weight excluding hydrogens is 270 g/mol. The van der Waals surface area contributed by atoms with E-state index in [1.54, 1.807) is 0 Å². The van der Waals surface area contributed by atoms with E-state index in [9.17, 15) is 0 Å². The van der Waals surface area contributed by atoms with Crippen molar-refractivity contribution in [2.24, 2.45) is 10.9 Å². The van der Waals surface area contributed by atoms with Gasteiger partial charge >= 0.3 is 0 Å². The third kappa shape index (κ3) is 3.43. The number of aryl methyl sites for hydroxylation is 2. The SMILES string of the molecule is Cc1cc(C)c(/C(N)=N/O)c(N2CCN(CCO)CC2)n1. The molecule has 1 saturated heterocycles. The lowest BCUT2D eigenvalue weighted by Gasteiger charge is -2.36. The molecule has 1 aliphatic heterocycles. The first-order valence-electron chi connectivity index (χ1n) is 7.11. The van der Waals surface area contributed by atoms with Crippen LogP contribution in [0.5, 0.6) is 0 Å². The zero-order chi connectivity index (χ0) is 15.4. The molecule has 116 valence electrons. The van der Waals surface area contributed by atoms with E-state index in [-0.39, 0.29) is 12.4 Å². The van der Waals surface area contributed by atoms with Crippen molar-refractivity contribution in [3.8, 4) is 0 Å². The van der Waals surface area contributed by atoms with Gasteiger partial charge in [-0.25, -0.2) is 4.98 Å². The summed E-state index contributed by atoms with van der Waals surface area (Å²) >= 11 is 0. The molecule has 1 aromatic rings. The van der Waals surface area contributed by atoms with E-state index in [0.717, 1.165) is 43.3 Å². The summed E-state index contributed by atoms with van der Waals surface area (Å²) in [4.78, 5) is 8.95. The third-order valence-electron chi connectivity index (χ3n) is 3.78. The van der Waals surface area contributed by atoms with Gasteiger partial charge in [0.1, 0.15) is 5.82 Å². The number of piperazine rings is 1. The molecule has 0 bridgehead atoms. The first-order chi connectivity index (χ1) is 10.1. The quantitative estimate of drug-likeness (QED) is 0.310. The fourth-order valence-corrected chi connectivity index (χ4v) is 2.74. The van der Waals surface area contributed by atoms with Crippen molar-refractivity contribution in [3.63, 3.8) is 0 Å². The second-order valence-corrected chi connectivity index (χ2v) is 5.32. The Balaban J connectivity index is 2.27. The Bertz CT molecular complexity index is 524. The van der Waals surface area contributed by atoms with Gasteiger partial charge in [-0.2, -0.15) is 0 Å². The maximum Gasteiger partial charge on any atom is 0.174 e. The predicted octanol–water partition coefficient (Wildman–Crippen LogP) is -0.0928. The molecule has 0 aromatic carbocycles. The number of β-amino-alcohol motifs (C(OH)–C–C–N with tert-alkyl or cyclic N) is 1. The number of nitrogens with two attached hydrogens (primary N) is 1. The van der Waals surface area contributed by atoms with E-state index < -0.39 is 0 Å². The van der Waals surface area contributed by atoms with Crippen molar-refractivity contribution < 1.29 is 10.3 Å². The average molecular weight is 293 g/mol. The van der Waals surface area contributed by atoms with E-state index in [4.69, 9.17) is 16.0 Å². The van der Waals surface area contributed by atoms with Gasteiger partial charge in [-0.15, -0.1) is 0 Å². The molecule has 4 N–H and O–H groups in total. The largest absolute Gasteiger partial charge is 0.409 e. The number of aliphatic hydroxyl groups is 1. The summed E-state index contributed by atoms with van der Waals surface area (Å²) in [5, 5.41) is 21.1. The van der Waals surface area contributed by atoms with Crippen LogP contribution >= 0.6 is 0 Å². The van der Waals surface area contributed by atoms with E-state index in [1.807, 2.05) is 19.9 Å². The van der Waals surface area contributed by atoms with E-state index in [1.165, 1.54) is 0 Å². The summed E-state index contributed by atoms with van der Waals surface area (Å²) < 4.78 is 0. The van der Waals surface area contributed by atoms with Crippen molar-refractivity contribution in [1.29, 1.82) is 0 Å². The Labute approximate surface area is 124 Å². The molecule has 1 fully saturated rings. The van der Waals surface area contributed by atoms with Gasteiger partial charge in [0.05, 0.1) is 12.2 Å². The second kappa shape index (κ2) is 6.73. The molecule has 0 atom stereocenters. The molecule has 0 unspecified atom stereocenters. The Kier molecular flexibility index (Phi) is 4.98. The van der Waals surface area contributed by atoms with E-state index in [2.05, 4.69) is 19.9 Å². The van der Waals surface area contributed by atoms with Crippen LogP contribution in [-0.4, -0.2) is 65.4 Å². The Morgan fingerprint density at radius 2 is 2.00 bits per heavy atom. The minimum Gasteiger partial charge on any atom is -0.409 e. The van der Waals surface area contributed by atoms with Crippen LogP contribution in [0.25, 0.3) is 0 Å². The van der Waals surface area contributed by atoms with Gasteiger partial charge in [0.25, 0.3) is 0 Å². The standard InChI is InChI=1S/C14H23N5O2/c1-10-9-11(2)16-14(12(10)13(15)17-21)19-5-3-18(4-6-19)7-8-20/h9,20-21H,3-8H2,1-2H3,(H2,15,17). The second-order valence-electron chi connectivity index (χ2n) is 5.32. The fraction of sp³-hybridized carbons (Fsp3) is 0.571. The minimum atomic E-state index is 0.0905. The Morgan fingerprint density at radius 3 is 2.57 bits per heavy atom. The lowest BCUT2D eigenvalue weighted by atomic mass is 10.1. The monoisotopic (exact) mass is 293 g/mol. The topological polar surface area (TPSA) is 98.2 Å². The summed E-state index contributed by atoms with van der Waals surface area (Å²) in [6.07, 6.45) is 0. The molecule has 0 radical (unpaired) electrons. The molecule has 0 amide bonds. The number of aromatic nitrogens is 1. The highest BCUT2D eigenvalue weighted by Gasteiger charge is 2.23. The average Bonchev–Trinajstić information content (AvgIpc) is 2.47. The lowest BCUT2D eigenvalue weighted by molar-refractivity contribution is 0.188. The van der Waals surface area contributed by atoms with Crippen LogP contribution in [0.1, 0.15) is 16.8 Å². The highest BCUT2D eigenvalue weighted by atomic mass is 16.4. The Morgan fingerprint density at radius 1 is 1.33 bits per heavy atom. The highest BCUT2D eigenvalue weighted by molar-refractivity contribution is 6.02. The molecule has 0 saturated carbocycles. The zero-order valence-corrected chi connectivity index (χ0v) is 12.6. The van der Waals surface area contributed by atoms with Gasteiger partial charge in [0, 0.05) is 38.4 Å². The van der Waals surface area contributed by atoms with Gasteiger partial charge in [0.2, 0.25) is 0 Å². The number of anilines is 1. The first kappa shape index (κ1) is 15.5. The van der Waals surface area contributed by atoms with E-state index in [0.29, 0.717) is 12.1 Å². The molecule has 7 nitrogen and oxygen atoms in total. The van der Waals surface area contributed by atoms with Crippen LogP contribution in [0.3, 0.4) is 0 Å². The predicted molar refractivity (Wildman–Crippen MR) is 82.0 cm³/mol. The van der Waals surface area contributed by atoms with Crippen LogP contribution in [0.15, 0.2) is 11.2 Å². The normalized spacial score (nSPS) is 17.3. The number of pyridine rings is 1. The number of rotatable bonds is 4. The molecule has 2 heterocycles. The van der Waals surface area contributed by atoms with Crippen LogP contribution in [0, 0.1) is 13.8 Å². The van der Waals surface area contributed by atoms with E-state index >= 15 is 0 Å². The summed E-state index contributed by atoms with van der Waals surface area (Å²) in [6.45, 7) is 8.10. The maximum atomic E-state index is 9.00. The van der Waals surface area contributed by atoms with Crippen molar-refractivity contribution >= 4 is 11.7 Å². The van der Waals surface area contributed by atoms with Crippen LogP contribution in [-0.2, 0) is 0 Å². The molecule has 7 heteroatoms. The molecule has 1 aliphatic rings. The van der Waals surface area contributed by atoms with Crippen molar-refractivity contribution in [3.05, 3.63) is 22.9 Å². The summed E-state index contributed by atoms with van der Waals surface area (Å²) in [6, 6.07) is 1.93. The lowest BCUT2D eigenvalue weighted by Crippen LogP contribution is -2.48. The van der Waals surface area contributed by atoms with Gasteiger partial charge in [0.15, 0.2) is 5.84 Å². The van der Waals surface area contributed by atoms with Crippen molar-refractivity contribution in [1.82, 2.24) is 9.88 Å². The van der Waals surface area contributed by atoms with Crippen LogP contribution < -0.4 is 10.6 Å². The third-order valence-corrected chi connectivity index (χ3v) is 3.78. The number of hydrogen-bond acceptors (Lipinski definition) is 6. The highest BCUT2D eigenvalue weighted by Crippen LogP contribution is 2.23. The van der Waals surface area contributed by atoms with Gasteiger partial charge in [-0.1, -0.05) is 5.16 Å². The summed E-state index contributed by atoms with van der Waals surface area (Å²) in [5.74, 6) is 0.860. The smallest absolute Gasteiger partial charge is 0.174 e. The van der Waals surface area contributed by atoms with Crippen LogP contribution in [0.4, 0.5) is 5.82 Å². The number of oxime groups is 1. The fourth-order valence-electron chi connectivity index (χ4n) is 2.74. The zero-order valence-electron chi connectivity index (χ0n) is 12.6. The minimum absolute atomic E-state index is 0.0905. The van der Waals surface area contributed by atoms with Gasteiger partial charge < -0.3 is 20.9 Å². The number of aliphatic hydroxyl groups excluding tert-OH is 1. The van der Waals surface area contributed by atoms with Crippen LogP contribution in [0.2, 0.25) is 0 Å². The molecule has 0 aliphatic carbocycles. The summed E-state index contributed by atoms with van der Waals surface area (Å²) in [5.41, 5.74) is 8.37. The molecular formula is C14H23N5O2.